The Balaban J connectivity index is 0.000000370. The van der Waals surface area contributed by atoms with Gasteiger partial charge in [-0.05, 0) is 43.0 Å². The van der Waals surface area contributed by atoms with Gasteiger partial charge in [0.25, 0.3) is 0 Å². The number of aliphatic carboxylic acids is 1. The molecule has 3 rings (SSSR count). The first kappa shape index (κ1) is 23.1. The first-order chi connectivity index (χ1) is 13.4. The molecule has 1 aromatic rings. The lowest BCUT2D eigenvalue weighted by molar-refractivity contribution is -0.192. The van der Waals surface area contributed by atoms with Gasteiger partial charge in [-0.2, -0.15) is 13.2 Å². The van der Waals surface area contributed by atoms with Crippen LogP contribution >= 0.6 is 0 Å². The van der Waals surface area contributed by atoms with Crippen LogP contribution in [0.5, 0.6) is 0 Å². The van der Waals surface area contributed by atoms with Crippen molar-refractivity contribution in [3.05, 3.63) is 35.6 Å². The summed E-state index contributed by atoms with van der Waals surface area (Å²) in [6, 6.07) is 6.57. The van der Waals surface area contributed by atoms with Crippen LogP contribution in [-0.2, 0) is 16.1 Å². The van der Waals surface area contributed by atoms with E-state index in [1.54, 1.807) is 6.07 Å². The maximum absolute atomic E-state index is 13.3. The van der Waals surface area contributed by atoms with E-state index in [0.29, 0.717) is 12.5 Å². The van der Waals surface area contributed by atoms with Crippen molar-refractivity contribution in [2.45, 2.75) is 39.4 Å². The van der Waals surface area contributed by atoms with Gasteiger partial charge < -0.3 is 14.9 Å². The van der Waals surface area contributed by atoms with Crippen LogP contribution in [0.4, 0.5) is 17.6 Å². The lowest BCUT2D eigenvalue weighted by Crippen LogP contribution is -2.37. The standard InChI is InChI=1S/C18H25FN2O.C2HF3O2/c1-14(2)11-20-8-6-18(13-20)7-9-21(17(18)22)12-15-4-3-5-16(19)10-15;3-2(4,5)1(6)7/h3-5,10,14H,6-9,11-13H2,1-2H3;(H,6,7). The van der Waals surface area contributed by atoms with Gasteiger partial charge in [-0.25, -0.2) is 9.18 Å². The second-order valence-electron chi connectivity index (χ2n) is 8.07. The fourth-order valence-electron chi connectivity index (χ4n) is 3.91. The molecule has 0 aromatic heterocycles. The maximum atomic E-state index is 13.3. The quantitative estimate of drug-likeness (QED) is 0.760. The van der Waals surface area contributed by atoms with Gasteiger partial charge in [0.05, 0.1) is 5.41 Å². The van der Waals surface area contributed by atoms with Gasteiger partial charge in [0.15, 0.2) is 0 Å². The zero-order valence-electron chi connectivity index (χ0n) is 16.5. The van der Waals surface area contributed by atoms with E-state index >= 15 is 0 Å². The average molecular weight is 418 g/mol. The van der Waals surface area contributed by atoms with E-state index in [2.05, 4.69) is 18.7 Å². The molecule has 0 radical (unpaired) electrons. The predicted octanol–water partition coefficient (Wildman–Crippen LogP) is 3.54. The molecule has 2 fully saturated rings. The van der Waals surface area contributed by atoms with E-state index in [4.69, 9.17) is 9.90 Å². The molecule has 2 heterocycles. The van der Waals surface area contributed by atoms with Gasteiger partial charge in [-0.15, -0.1) is 0 Å². The van der Waals surface area contributed by atoms with Gasteiger partial charge in [-0.3, -0.25) is 4.79 Å². The van der Waals surface area contributed by atoms with Crippen LogP contribution < -0.4 is 0 Å². The second kappa shape index (κ2) is 9.11. The zero-order valence-corrected chi connectivity index (χ0v) is 16.5. The molecule has 5 nitrogen and oxygen atoms in total. The third-order valence-electron chi connectivity index (χ3n) is 5.16. The van der Waals surface area contributed by atoms with Gasteiger partial charge >= 0.3 is 12.1 Å². The molecule has 0 aliphatic carbocycles. The molecule has 2 saturated heterocycles. The highest BCUT2D eigenvalue weighted by atomic mass is 19.4. The first-order valence-electron chi connectivity index (χ1n) is 9.49. The number of carbonyl (C=O) groups is 2. The Kier molecular flexibility index (Phi) is 7.26. The summed E-state index contributed by atoms with van der Waals surface area (Å²) < 4.78 is 45.0. The minimum absolute atomic E-state index is 0.178. The molecule has 1 aromatic carbocycles. The Morgan fingerprint density at radius 1 is 1.24 bits per heavy atom. The molecule has 29 heavy (non-hydrogen) atoms. The highest BCUT2D eigenvalue weighted by Crippen LogP contribution is 2.41. The van der Waals surface area contributed by atoms with Gasteiger partial charge in [0.1, 0.15) is 5.82 Å². The lowest BCUT2D eigenvalue weighted by atomic mass is 9.85. The maximum Gasteiger partial charge on any atom is 0.490 e. The Morgan fingerprint density at radius 3 is 2.41 bits per heavy atom. The van der Waals surface area contributed by atoms with Crippen molar-refractivity contribution >= 4 is 11.9 Å². The molecule has 2 aliphatic heterocycles. The molecular weight excluding hydrogens is 392 g/mol. The molecular formula is C20H26F4N2O3. The Morgan fingerprint density at radius 2 is 1.86 bits per heavy atom. The number of carboxylic acid groups (broad SMARTS) is 1. The number of benzene rings is 1. The number of carboxylic acids is 1. The van der Waals surface area contributed by atoms with Crippen LogP contribution in [-0.4, -0.2) is 59.1 Å². The van der Waals surface area contributed by atoms with Crippen LogP contribution in [0.25, 0.3) is 0 Å². The minimum Gasteiger partial charge on any atom is -0.475 e. The molecule has 162 valence electrons. The van der Waals surface area contributed by atoms with E-state index in [1.807, 2.05) is 11.0 Å². The number of carbonyl (C=O) groups excluding carboxylic acids is 1. The van der Waals surface area contributed by atoms with Crippen LogP contribution in [0.3, 0.4) is 0 Å². The van der Waals surface area contributed by atoms with Crippen molar-refractivity contribution in [1.82, 2.24) is 9.80 Å². The molecule has 1 N–H and O–H groups in total. The number of amides is 1. The van der Waals surface area contributed by atoms with Gasteiger partial charge in [0.2, 0.25) is 5.91 Å². The first-order valence-corrected chi connectivity index (χ1v) is 9.49. The third-order valence-corrected chi connectivity index (χ3v) is 5.16. The lowest BCUT2D eigenvalue weighted by Gasteiger charge is -2.24. The third kappa shape index (κ3) is 6.16. The molecule has 0 bridgehead atoms. The highest BCUT2D eigenvalue weighted by molar-refractivity contribution is 5.85. The molecule has 2 aliphatic rings. The molecule has 1 amide bonds. The van der Waals surface area contributed by atoms with Crippen LogP contribution in [0.1, 0.15) is 32.3 Å². The summed E-state index contributed by atoms with van der Waals surface area (Å²) in [7, 11) is 0. The summed E-state index contributed by atoms with van der Waals surface area (Å²) in [5.41, 5.74) is 0.699. The van der Waals surface area contributed by atoms with E-state index in [1.165, 1.54) is 12.1 Å². The Labute approximate surface area is 167 Å². The molecule has 0 saturated carbocycles. The van der Waals surface area contributed by atoms with Gasteiger partial charge in [-0.1, -0.05) is 26.0 Å². The average Bonchev–Trinajstić information content (AvgIpc) is 3.13. The van der Waals surface area contributed by atoms with Crippen molar-refractivity contribution in [1.29, 1.82) is 0 Å². The number of alkyl halides is 3. The number of nitrogens with zero attached hydrogens (tertiary/aromatic N) is 2. The van der Waals surface area contributed by atoms with Crippen LogP contribution in [0.15, 0.2) is 24.3 Å². The zero-order chi connectivity index (χ0) is 21.8. The van der Waals surface area contributed by atoms with E-state index in [-0.39, 0.29) is 17.1 Å². The van der Waals surface area contributed by atoms with Crippen LogP contribution in [0, 0.1) is 17.2 Å². The molecule has 1 spiro atoms. The topological polar surface area (TPSA) is 60.9 Å². The number of likely N-dealkylation sites (tertiary alicyclic amines) is 2. The summed E-state index contributed by atoms with van der Waals surface area (Å²) in [5.74, 6) is -2.09. The van der Waals surface area contributed by atoms with Gasteiger partial charge in [0, 0.05) is 26.2 Å². The molecule has 1 unspecified atom stereocenters. The number of rotatable bonds is 4. The number of hydrogen-bond donors (Lipinski definition) is 1. The Bertz CT molecular complexity index is 739. The predicted molar refractivity (Wildman–Crippen MR) is 98.5 cm³/mol. The van der Waals surface area contributed by atoms with Crippen molar-refractivity contribution in [2.24, 2.45) is 11.3 Å². The fraction of sp³-hybridized carbons (Fsp3) is 0.600. The summed E-state index contributed by atoms with van der Waals surface area (Å²) >= 11 is 0. The monoisotopic (exact) mass is 418 g/mol. The summed E-state index contributed by atoms with van der Waals surface area (Å²) in [4.78, 5) is 26.1. The fourth-order valence-corrected chi connectivity index (χ4v) is 3.91. The van der Waals surface area contributed by atoms with E-state index in [0.717, 1.165) is 44.6 Å². The smallest absolute Gasteiger partial charge is 0.475 e. The van der Waals surface area contributed by atoms with E-state index in [9.17, 15) is 22.4 Å². The SMILES string of the molecule is CC(C)CN1CCC2(CCN(Cc3cccc(F)c3)C2=O)C1.O=C(O)C(F)(F)F. The van der Waals surface area contributed by atoms with Crippen LogP contribution in [0.2, 0.25) is 0 Å². The Hall–Kier alpha value is -2.16. The van der Waals surface area contributed by atoms with Crippen molar-refractivity contribution in [3.8, 4) is 0 Å². The van der Waals surface area contributed by atoms with Crippen molar-refractivity contribution in [3.63, 3.8) is 0 Å². The minimum atomic E-state index is -5.08. The number of halogens is 4. The number of hydrogen-bond acceptors (Lipinski definition) is 3. The second-order valence-corrected chi connectivity index (χ2v) is 8.07. The summed E-state index contributed by atoms with van der Waals surface area (Å²) in [5, 5.41) is 7.12. The molecule has 1 atom stereocenters. The highest BCUT2D eigenvalue weighted by Gasteiger charge is 2.50. The van der Waals surface area contributed by atoms with Crippen molar-refractivity contribution in [2.75, 3.05) is 26.2 Å². The normalized spacial score (nSPS) is 22.3. The van der Waals surface area contributed by atoms with Crippen molar-refractivity contribution < 1.29 is 32.3 Å². The van der Waals surface area contributed by atoms with E-state index < -0.39 is 12.1 Å². The summed E-state index contributed by atoms with van der Waals surface area (Å²) in [6.45, 7) is 8.75. The molecule has 9 heteroatoms. The summed E-state index contributed by atoms with van der Waals surface area (Å²) in [6.07, 6.45) is -3.17. The largest absolute Gasteiger partial charge is 0.490 e.